The summed E-state index contributed by atoms with van der Waals surface area (Å²) >= 11 is 5.64. The Morgan fingerprint density at radius 1 is 1.20 bits per heavy atom. The van der Waals surface area contributed by atoms with Gasteiger partial charge in [0, 0.05) is 18.3 Å². The van der Waals surface area contributed by atoms with Crippen molar-refractivity contribution < 1.29 is 14.3 Å². The van der Waals surface area contributed by atoms with E-state index in [9.17, 15) is 4.79 Å². The van der Waals surface area contributed by atoms with Gasteiger partial charge in [0.1, 0.15) is 17.6 Å². The number of nitrogens with zero attached hydrogens (tertiary/aromatic N) is 2. The van der Waals surface area contributed by atoms with Crippen LogP contribution in [0, 0.1) is 5.92 Å². The largest absolute Gasteiger partial charge is 0.478 e. The quantitative estimate of drug-likeness (QED) is 0.560. The molecule has 1 fully saturated rings. The van der Waals surface area contributed by atoms with Crippen LogP contribution < -0.4 is 5.32 Å². The number of carboxylic acids is 1. The fraction of sp³-hybridized carbons (Fsp3) is 0.261. The number of thiocarbonyl (C=S) groups is 1. The maximum atomic E-state index is 11.1. The number of furan rings is 1. The number of pyridine rings is 1. The molecule has 0 bridgehead atoms. The molecule has 1 saturated heterocycles. The van der Waals surface area contributed by atoms with E-state index in [0.717, 1.165) is 23.6 Å². The van der Waals surface area contributed by atoms with E-state index in [2.05, 4.69) is 29.0 Å². The summed E-state index contributed by atoms with van der Waals surface area (Å²) in [7, 11) is 0. The van der Waals surface area contributed by atoms with Gasteiger partial charge in [-0.2, -0.15) is 0 Å². The molecule has 30 heavy (non-hydrogen) atoms. The minimum Gasteiger partial charge on any atom is -0.478 e. The SMILES string of the molecule is CC(C)CN1C(=S)N[C@H](c2ccccn2)[C@@H]1c1ccc(-c2ccc(C(=O)O)cc2)o1. The van der Waals surface area contributed by atoms with Gasteiger partial charge in [-0.3, -0.25) is 4.98 Å². The topological polar surface area (TPSA) is 78.6 Å². The van der Waals surface area contributed by atoms with Gasteiger partial charge in [-0.1, -0.05) is 32.0 Å². The van der Waals surface area contributed by atoms with Crippen molar-refractivity contribution in [3.8, 4) is 11.3 Å². The molecule has 0 spiro atoms. The van der Waals surface area contributed by atoms with Crippen LogP contribution in [0.2, 0.25) is 0 Å². The molecule has 1 aliphatic heterocycles. The average Bonchev–Trinajstić information content (AvgIpc) is 3.33. The summed E-state index contributed by atoms with van der Waals surface area (Å²) in [6.45, 7) is 5.11. The molecule has 4 rings (SSSR count). The first-order valence-corrected chi connectivity index (χ1v) is 10.3. The lowest BCUT2D eigenvalue weighted by atomic mass is 10.0. The summed E-state index contributed by atoms with van der Waals surface area (Å²) < 4.78 is 6.25. The van der Waals surface area contributed by atoms with E-state index >= 15 is 0 Å². The molecule has 0 aliphatic carbocycles. The lowest BCUT2D eigenvalue weighted by Gasteiger charge is -2.27. The minimum atomic E-state index is -0.949. The van der Waals surface area contributed by atoms with Gasteiger partial charge in [-0.15, -0.1) is 0 Å². The smallest absolute Gasteiger partial charge is 0.335 e. The average molecular weight is 422 g/mol. The fourth-order valence-corrected chi connectivity index (χ4v) is 4.06. The lowest BCUT2D eigenvalue weighted by molar-refractivity contribution is 0.0697. The molecule has 2 atom stereocenters. The van der Waals surface area contributed by atoms with Crippen LogP contribution in [0.5, 0.6) is 0 Å². The monoisotopic (exact) mass is 421 g/mol. The first-order valence-electron chi connectivity index (χ1n) is 9.85. The number of hydrogen-bond acceptors (Lipinski definition) is 4. The molecule has 1 aromatic carbocycles. The highest BCUT2D eigenvalue weighted by molar-refractivity contribution is 7.80. The van der Waals surface area contributed by atoms with Gasteiger partial charge in [0.25, 0.3) is 0 Å². The highest BCUT2D eigenvalue weighted by Crippen LogP contribution is 2.40. The molecule has 3 aromatic rings. The van der Waals surface area contributed by atoms with Crippen molar-refractivity contribution in [1.29, 1.82) is 0 Å². The van der Waals surface area contributed by atoms with Crippen LogP contribution in [-0.2, 0) is 0 Å². The predicted octanol–water partition coefficient (Wildman–Crippen LogP) is 4.67. The Bertz CT molecular complexity index is 1050. The Hall–Kier alpha value is -3.19. The summed E-state index contributed by atoms with van der Waals surface area (Å²) in [6.07, 6.45) is 1.78. The Labute approximate surface area is 180 Å². The number of aromatic carboxylic acids is 1. The molecule has 2 aromatic heterocycles. The van der Waals surface area contributed by atoms with E-state index in [4.69, 9.17) is 21.7 Å². The molecule has 0 amide bonds. The second kappa shape index (κ2) is 8.28. The second-order valence-corrected chi connectivity index (χ2v) is 8.14. The molecule has 0 saturated carbocycles. The van der Waals surface area contributed by atoms with E-state index in [0.29, 0.717) is 16.8 Å². The number of rotatable bonds is 6. The summed E-state index contributed by atoms with van der Waals surface area (Å²) in [5, 5.41) is 13.2. The number of hydrogen-bond donors (Lipinski definition) is 2. The second-order valence-electron chi connectivity index (χ2n) is 7.76. The number of benzene rings is 1. The van der Waals surface area contributed by atoms with Crippen LogP contribution >= 0.6 is 12.2 Å². The van der Waals surface area contributed by atoms with Crippen molar-refractivity contribution in [2.24, 2.45) is 5.92 Å². The van der Waals surface area contributed by atoms with E-state index < -0.39 is 5.97 Å². The van der Waals surface area contributed by atoms with Crippen molar-refractivity contribution in [2.45, 2.75) is 25.9 Å². The summed E-state index contributed by atoms with van der Waals surface area (Å²) in [6, 6.07) is 16.1. The molecule has 3 heterocycles. The summed E-state index contributed by atoms with van der Waals surface area (Å²) in [5.74, 6) is 0.947. The van der Waals surface area contributed by atoms with Gasteiger partial charge in [0.05, 0.1) is 17.3 Å². The molecular weight excluding hydrogens is 398 g/mol. The third kappa shape index (κ3) is 3.93. The highest BCUT2D eigenvalue weighted by Gasteiger charge is 2.41. The first kappa shape index (κ1) is 20.1. The third-order valence-corrected chi connectivity index (χ3v) is 5.45. The Morgan fingerprint density at radius 3 is 2.60 bits per heavy atom. The molecule has 0 unspecified atom stereocenters. The van der Waals surface area contributed by atoms with E-state index in [1.54, 1.807) is 30.5 Å². The highest BCUT2D eigenvalue weighted by atomic mass is 32.1. The molecular formula is C23H23N3O3S. The van der Waals surface area contributed by atoms with Crippen LogP contribution in [0.15, 0.2) is 65.2 Å². The minimum absolute atomic E-state index is 0.120. The van der Waals surface area contributed by atoms with Crippen LogP contribution in [0.25, 0.3) is 11.3 Å². The Balaban J connectivity index is 1.69. The molecule has 2 N–H and O–H groups in total. The van der Waals surface area contributed by atoms with E-state index in [-0.39, 0.29) is 17.6 Å². The van der Waals surface area contributed by atoms with Gasteiger partial charge < -0.3 is 19.7 Å². The van der Waals surface area contributed by atoms with Gasteiger partial charge in [-0.25, -0.2) is 4.79 Å². The zero-order valence-corrected chi connectivity index (χ0v) is 17.6. The number of carboxylic acid groups (broad SMARTS) is 1. The van der Waals surface area contributed by atoms with Crippen LogP contribution in [0.1, 0.15) is 47.7 Å². The van der Waals surface area contributed by atoms with Crippen molar-refractivity contribution in [2.75, 3.05) is 6.54 Å². The van der Waals surface area contributed by atoms with Crippen LogP contribution in [0.4, 0.5) is 0 Å². The van der Waals surface area contributed by atoms with Gasteiger partial charge in [0.2, 0.25) is 0 Å². The van der Waals surface area contributed by atoms with Gasteiger partial charge in [-0.05, 0) is 54.5 Å². The van der Waals surface area contributed by atoms with Crippen LogP contribution in [-0.4, -0.2) is 32.6 Å². The normalized spacial score (nSPS) is 18.6. The summed E-state index contributed by atoms with van der Waals surface area (Å²) in [4.78, 5) is 17.8. The third-order valence-electron chi connectivity index (χ3n) is 5.09. The first-order chi connectivity index (χ1) is 14.4. The standard InChI is InChI=1S/C23H23N3O3S/c1-14(2)13-26-21(20(25-23(26)30)17-5-3-4-12-24-17)19-11-10-18(29-19)15-6-8-16(9-7-15)22(27)28/h3-12,14,20-21H,13H2,1-2H3,(H,25,30)(H,27,28)/t20-,21+/m1/s1. The maximum absolute atomic E-state index is 11.1. The van der Waals surface area contributed by atoms with E-state index in [1.165, 1.54) is 0 Å². The van der Waals surface area contributed by atoms with E-state index in [1.807, 2.05) is 30.3 Å². The number of aromatic nitrogens is 1. The zero-order chi connectivity index (χ0) is 21.3. The molecule has 7 heteroatoms. The van der Waals surface area contributed by atoms with Gasteiger partial charge >= 0.3 is 5.97 Å². The fourth-order valence-electron chi connectivity index (χ4n) is 3.75. The Kier molecular flexibility index (Phi) is 5.55. The van der Waals surface area contributed by atoms with Crippen molar-refractivity contribution >= 4 is 23.3 Å². The van der Waals surface area contributed by atoms with Crippen molar-refractivity contribution in [3.05, 3.63) is 77.8 Å². The molecule has 0 radical (unpaired) electrons. The maximum Gasteiger partial charge on any atom is 0.335 e. The lowest BCUT2D eigenvalue weighted by Crippen LogP contribution is -2.32. The zero-order valence-electron chi connectivity index (χ0n) is 16.8. The molecule has 6 nitrogen and oxygen atoms in total. The van der Waals surface area contributed by atoms with Crippen LogP contribution in [0.3, 0.4) is 0 Å². The predicted molar refractivity (Wildman–Crippen MR) is 118 cm³/mol. The Morgan fingerprint density at radius 2 is 1.97 bits per heavy atom. The van der Waals surface area contributed by atoms with Crippen molar-refractivity contribution in [1.82, 2.24) is 15.2 Å². The summed E-state index contributed by atoms with van der Waals surface area (Å²) in [5.41, 5.74) is 1.97. The molecule has 154 valence electrons. The van der Waals surface area contributed by atoms with Crippen molar-refractivity contribution in [3.63, 3.8) is 0 Å². The molecule has 1 aliphatic rings. The van der Waals surface area contributed by atoms with Gasteiger partial charge in [0.15, 0.2) is 5.11 Å². The number of carbonyl (C=O) groups is 1. The number of nitrogens with one attached hydrogen (secondary N) is 1.